The van der Waals surface area contributed by atoms with Gasteiger partial charge in [-0.2, -0.15) is 0 Å². The van der Waals surface area contributed by atoms with E-state index in [2.05, 4.69) is 32.5 Å². The zero-order valence-corrected chi connectivity index (χ0v) is 12.0. The van der Waals surface area contributed by atoms with Crippen LogP contribution in [0.25, 0.3) is 11.4 Å². The van der Waals surface area contributed by atoms with Gasteiger partial charge in [0.25, 0.3) is 0 Å². The minimum atomic E-state index is 0.148. The molecule has 0 aliphatic heterocycles. The Hall–Kier alpha value is -2.69. The summed E-state index contributed by atoms with van der Waals surface area (Å²) in [4.78, 5) is 12.8. The van der Waals surface area contributed by atoms with Gasteiger partial charge >= 0.3 is 0 Å². The van der Waals surface area contributed by atoms with E-state index in [0.29, 0.717) is 5.88 Å². The molecule has 3 aromatic rings. The Bertz CT molecular complexity index is 724. The van der Waals surface area contributed by atoms with E-state index in [-0.39, 0.29) is 6.04 Å². The molecule has 0 radical (unpaired) electrons. The number of hydrogen-bond acceptors (Lipinski definition) is 4. The molecule has 0 fully saturated rings. The third kappa shape index (κ3) is 2.63. The molecule has 0 bridgehead atoms. The maximum absolute atomic E-state index is 5.18. The van der Waals surface area contributed by atoms with Crippen LogP contribution in [-0.2, 0) is 0 Å². The molecular weight excluding hydrogens is 264 g/mol. The second kappa shape index (κ2) is 5.75. The van der Waals surface area contributed by atoms with Crippen molar-refractivity contribution in [3.63, 3.8) is 0 Å². The molecule has 0 aliphatic rings. The van der Waals surface area contributed by atoms with Gasteiger partial charge in [0.2, 0.25) is 5.88 Å². The van der Waals surface area contributed by atoms with Crippen LogP contribution in [0.4, 0.5) is 0 Å². The van der Waals surface area contributed by atoms with Gasteiger partial charge in [0.1, 0.15) is 5.82 Å². The highest BCUT2D eigenvalue weighted by Crippen LogP contribution is 2.26. The quantitative estimate of drug-likeness (QED) is 0.737. The summed E-state index contributed by atoms with van der Waals surface area (Å²) < 4.78 is 7.30. The van der Waals surface area contributed by atoms with E-state index in [9.17, 15) is 0 Å². The van der Waals surface area contributed by atoms with Gasteiger partial charge in [-0.15, -0.1) is 0 Å². The summed E-state index contributed by atoms with van der Waals surface area (Å²) >= 11 is 0. The van der Waals surface area contributed by atoms with Gasteiger partial charge < -0.3 is 9.30 Å². The van der Waals surface area contributed by atoms with Gasteiger partial charge in [0, 0.05) is 42.6 Å². The largest absolute Gasteiger partial charge is 0.481 e. The molecule has 1 atom stereocenters. The average Bonchev–Trinajstić information content (AvgIpc) is 3.04. The third-order valence-corrected chi connectivity index (χ3v) is 3.45. The minimum absolute atomic E-state index is 0.148. The lowest BCUT2D eigenvalue weighted by atomic mass is 10.1. The fourth-order valence-electron chi connectivity index (χ4n) is 2.29. The second-order valence-corrected chi connectivity index (χ2v) is 4.71. The Morgan fingerprint density at radius 3 is 2.81 bits per heavy atom. The van der Waals surface area contributed by atoms with Crippen molar-refractivity contribution >= 4 is 0 Å². The van der Waals surface area contributed by atoms with Crippen molar-refractivity contribution in [2.75, 3.05) is 7.11 Å². The number of hydrogen-bond donors (Lipinski definition) is 0. The molecule has 0 aliphatic carbocycles. The van der Waals surface area contributed by atoms with E-state index in [1.165, 1.54) is 0 Å². The number of rotatable bonds is 4. The average molecular weight is 280 g/mol. The van der Waals surface area contributed by atoms with E-state index in [1.807, 2.05) is 30.6 Å². The van der Waals surface area contributed by atoms with Crippen molar-refractivity contribution in [1.29, 1.82) is 0 Å². The topological polar surface area (TPSA) is 52.8 Å². The summed E-state index contributed by atoms with van der Waals surface area (Å²) in [5, 5.41) is 0. The molecule has 0 saturated carbocycles. The molecule has 1 unspecified atom stereocenters. The van der Waals surface area contributed by atoms with Gasteiger partial charge in [0.05, 0.1) is 13.2 Å². The van der Waals surface area contributed by atoms with E-state index < -0.39 is 0 Å². The summed E-state index contributed by atoms with van der Waals surface area (Å²) in [5.74, 6) is 1.46. The third-order valence-electron chi connectivity index (χ3n) is 3.45. The molecule has 21 heavy (non-hydrogen) atoms. The first-order valence-corrected chi connectivity index (χ1v) is 6.73. The molecule has 5 heteroatoms. The Labute approximate surface area is 123 Å². The zero-order chi connectivity index (χ0) is 14.7. The molecule has 0 N–H and O–H groups in total. The molecule has 106 valence electrons. The van der Waals surface area contributed by atoms with Crippen LogP contribution < -0.4 is 4.74 Å². The van der Waals surface area contributed by atoms with Crippen LogP contribution in [0.1, 0.15) is 18.5 Å². The zero-order valence-electron chi connectivity index (χ0n) is 12.0. The minimum Gasteiger partial charge on any atom is -0.481 e. The summed E-state index contributed by atoms with van der Waals surface area (Å²) in [7, 11) is 1.61. The highest BCUT2D eigenvalue weighted by Gasteiger charge is 2.14. The Kier molecular flexibility index (Phi) is 3.64. The lowest BCUT2D eigenvalue weighted by Gasteiger charge is -2.16. The van der Waals surface area contributed by atoms with E-state index in [4.69, 9.17) is 4.74 Å². The SMILES string of the molecule is COc1cc(-c2nccn2C(C)c2cccnc2)ccn1. The van der Waals surface area contributed by atoms with Crippen LogP contribution in [-0.4, -0.2) is 26.6 Å². The van der Waals surface area contributed by atoms with Crippen molar-refractivity contribution in [2.24, 2.45) is 0 Å². The van der Waals surface area contributed by atoms with Crippen molar-refractivity contribution < 1.29 is 4.74 Å². The molecule has 0 amide bonds. The molecule has 3 heterocycles. The van der Waals surface area contributed by atoms with E-state index in [1.54, 1.807) is 25.7 Å². The fourth-order valence-corrected chi connectivity index (χ4v) is 2.29. The lowest BCUT2D eigenvalue weighted by Crippen LogP contribution is -2.08. The molecule has 0 aromatic carbocycles. The van der Waals surface area contributed by atoms with Crippen LogP contribution in [0.15, 0.2) is 55.2 Å². The van der Waals surface area contributed by atoms with E-state index in [0.717, 1.165) is 17.0 Å². The van der Waals surface area contributed by atoms with Crippen molar-refractivity contribution in [3.8, 4) is 17.3 Å². The van der Waals surface area contributed by atoms with Gasteiger partial charge in [-0.25, -0.2) is 9.97 Å². The van der Waals surface area contributed by atoms with Crippen molar-refractivity contribution in [2.45, 2.75) is 13.0 Å². The normalized spacial score (nSPS) is 12.1. The van der Waals surface area contributed by atoms with Gasteiger partial charge in [-0.05, 0) is 24.6 Å². The summed E-state index contributed by atoms with van der Waals surface area (Å²) in [5.41, 5.74) is 2.11. The molecule has 3 rings (SSSR count). The first kappa shape index (κ1) is 13.3. The van der Waals surface area contributed by atoms with Gasteiger partial charge in [-0.1, -0.05) is 6.07 Å². The van der Waals surface area contributed by atoms with Crippen molar-refractivity contribution in [3.05, 3.63) is 60.8 Å². The summed E-state index contributed by atoms with van der Waals surface area (Å²) in [6.45, 7) is 2.13. The number of pyridine rings is 2. The summed E-state index contributed by atoms with van der Waals surface area (Å²) in [6, 6.07) is 7.97. The number of methoxy groups -OCH3 is 1. The summed E-state index contributed by atoms with van der Waals surface area (Å²) in [6.07, 6.45) is 9.15. The molecule has 3 aromatic heterocycles. The maximum atomic E-state index is 5.18. The number of aromatic nitrogens is 4. The Morgan fingerprint density at radius 1 is 1.14 bits per heavy atom. The predicted octanol–water partition coefficient (Wildman–Crippen LogP) is 2.96. The van der Waals surface area contributed by atoms with Crippen LogP contribution in [0, 0.1) is 0 Å². The highest BCUT2D eigenvalue weighted by molar-refractivity contribution is 5.57. The first-order valence-electron chi connectivity index (χ1n) is 6.73. The molecule has 5 nitrogen and oxygen atoms in total. The monoisotopic (exact) mass is 280 g/mol. The smallest absolute Gasteiger partial charge is 0.213 e. The molecule has 0 spiro atoms. The first-order chi connectivity index (χ1) is 10.3. The molecular formula is C16H16N4O. The lowest BCUT2D eigenvalue weighted by molar-refractivity contribution is 0.398. The Balaban J connectivity index is 2.01. The van der Waals surface area contributed by atoms with Crippen LogP contribution >= 0.6 is 0 Å². The van der Waals surface area contributed by atoms with Gasteiger partial charge in [0.15, 0.2) is 0 Å². The molecule has 0 saturated heterocycles. The number of nitrogens with zero attached hydrogens (tertiary/aromatic N) is 4. The highest BCUT2D eigenvalue weighted by atomic mass is 16.5. The number of imidazole rings is 1. The maximum Gasteiger partial charge on any atom is 0.213 e. The van der Waals surface area contributed by atoms with Crippen LogP contribution in [0.2, 0.25) is 0 Å². The standard InChI is InChI=1S/C16H16N4O/c1-12(14-4-3-6-17-11-14)20-9-8-19-16(20)13-5-7-18-15(10-13)21-2/h3-12H,1-2H3. The van der Waals surface area contributed by atoms with Gasteiger partial charge in [-0.3, -0.25) is 4.98 Å². The fraction of sp³-hybridized carbons (Fsp3) is 0.188. The predicted molar refractivity (Wildman–Crippen MR) is 80.1 cm³/mol. The van der Waals surface area contributed by atoms with Crippen LogP contribution in [0.5, 0.6) is 5.88 Å². The number of ether oxygens (including phenoxy) is 1. The second-order valence-electron chi connectivity index (χ2n) is 4.71. The Morgan fingerprint density at radius 2 is 2.05 bits per heavy atom. The van der Waals surface area contributed by atoms with Crippen LogP contribution in [0.3, 0.4) is 0 Å². The van der Waals surface area contributed by atoms with E-state index >= 15 is 0 Å². The van der Waals surface area contributed by atoms with Crippen molar-refractivity contribution in [1.82, 2.24) is 19.5 Å².